The van der Waals surface area contributed by atoms with E-state index in [4.69, 9.17) is 4.74 Å². The monoisotopic (exact) mass is 273 g/mol. The zero-order chi connectivity index (χ0) is 14.4. The van der Waals surface area contributed by atoms with E-state index >= 15 is 0 Å². The zero-order valence-electron chi connectivity index (χ0n) is 12.3. The number of esters is 1. The molecule has 1 aliphatic rings. The van der Waals surface area contributed by atoms with Crippen LogP contribution in [0.25, 0.3) is 0 Å². The van der Waals surface area contributed by atoms with Crippen molar-refractivity contribution in [3.8, 4) is 0 Å². The van der Waals surface area contributed by atoms with E-state index < -0.39 is 0 Å². The van der Waals surface area contributed by atoms with Gasteiger partial charge in [-0.1, -0.05) is 24.6 Å². The Morgan fingerprint density at radius 3 is 3.00 bits per heavy atom. The summed E-state index contributed by atoms with van der Waals surface area (Å²) in [6.07, 6.45) is 7.98. The lowest BCUT2D eigenvalue weighted by Crippen LogP contribution is -2.19. The molecule has 0 aromatic carbocycles. The van der Waals surface area contributed by atoms with Crippen LogP contribution >= 0.6 is 0 Å². The number of hydrogen-bond donors (Lipinski definition) is 0. The fourth-order valence-electron chi connectivity index (χ4n) is 2.63. The summed E-state index contributed by atoms with van der Waals surface area (Å²) >= 11 is 0. The lowest BCUT2D eigenvalue weighted by molar-refractivity contribution is -0.146. The third-order valence-corrected chi connectivity index (χ3v) is 4.08. The van der Waals surface area contributed by atoms with Crippen molar-refractivity contribution in [1.29, 1.82) is 0 Å². The Kier molecular flexibility index (Phi) is 5.33. The molecule has 1 aliphatic carbocycles. The Balaban J connectivity index is 1.74. The predicted molar refractivity (Wildman–Crippen MR) is 78.9 cm³/mol. The molecule has 0 amide bonds. The van der Waals surface area contributed by atoms with Gasteiger partial charge in [0, 0.05) is 12.6 Å². The second-order valence-electron chi connectivity index (χ2n) is 5.75. The summed E-state index contributed by atoms with van der Waals surface area (Å²) in [6, 6.07) is 5.62. The molecule has 3 heteroatoms. The lowest BCUT2D eigenvalue weighted by atomic mass is 9.80. The maximum Gasteiger partial charge on any atom is 0.306 e. The second kappa shape index (κ2) is 7.22. The second-order valence-corrected chi connectivity index (χ2v) is 5.75. The number of nitrogens with zero attached hydrogens (tertiary/aromatic N) is 1. The first-order chi connectivity index (χ1) is 9.65. The molecule has 0 saturated heterocycles. The molecule has 1 aromatic rings. The van der Waals surface area contributed by atoms with Crippen LogP contribution in [0.15, 0.2) is 36.0 Å². The van der Waals surface area contributed by atoms with Crippen LogP contribution in [0.2, 0.25) is 0 Å². The standard InChI is InChI=1S/C17H23NO2/c1-13-6-8-15(9-7-13)14(2)11-17(19)20-12-16-5-3-4-10-18-16/h3-6,10,14-15H,7-9,11-12H2,1-2H3/t14-,15+/m1/s1. The average molecular weight is 273 g/mol. The maximum absolute atomic E-state index is 11.9. The number of carbonyl (C=O) groups excluding carboxylic acids is 1. The highest BCUT2D eigenvalue weighted by atomic mass is 16.5. The normalized spacial score (nSPS) is 20.1. The van der Waals surface area contributed by atoms with Gasteiger partial charge in [0.25, 0.3) is 0 Å². The number of allylic oxidation sites excluding steroid dienone is 2. The zero-order valence-corrected chi connectivity index (χ0v) is 12.3. The number of hydrogen-bond acceptors (Lipinski definition) is 3. The molecule has 2 rings (SSSR count). The Morgan fingerprint density at radius 1 is 1.50 bits per heavy atom. The van der Waals surface area contributed by atoms with E-state index in [0.717, 1.165) is 18.5 Å². The highest BCUT2D eigenvalue weighted by Crippen LogP contribution is 2.30. The highest BCUT2D eigenvalue weighted by Gasteiger charge is 2.22. The van der Waals surface area contributed by atoms with Crippen LogP contribution < -0.4 is 0 Å². The van der Waals surface area contributed by atoms with Gasteiger partial charge in [-0.25, -0.2) is 0 Å². The van der Waals surface area contributed by atoms with Crippen LogP contribution in [0.1, 0.15) is 45.2 Å². The average Bonchev–Trinajstić information content (AvgIpc) is 2.47. The van der Waals surface area contributed by atoms with Gasteiger partial charge in [0.1, 0.15) is 6.61 Å². The van der Waals surface area contributed by atoms with Gasteiger partial charge in [0.15, 0.2) is 0 Å². The van der Waals surface area contributed by atoms with Crippen LogP contribution in [-0.4, -0.2) is 11.0 Å². The van der Waals surface area contributed by atoms with E-state index in [1.165, 1.54) is 12.0 Å². The van der Waals surface area contributed by atoms with Crippen molar-refractivity contribution in [2.75, 3.05) is 0 Å². The molecule has 108 valence electrons. The van der Waals surface area contributed by atoms with Crippen molar-refractivity contribution in [3.63, 3.8) is 0 Å². The molecule has 2 atom stereocenters. The lowest BCUT2D eigenvalue weighted by Gasteiger charge is -2.25. The van der Waals surface area contributed by atoms with E-state index in [2.05, 4.69) is 24.9 Å². The Bertz CT molecular complexity index is 467. The van der Waals surface area contributed by atoms with E-state index in [1.807, 2.05) is 18.2 Å². The van der Waals surface area contributed by atoms with Gasteiger partial charge in [-0.15, -0.1) is 0 Å². The minimum atomic E-state index is -0.116. The molecule has 3 nitrogen and oxygen atoms in total. The molecular formula is C17H23NO2. The van der Waals surface area contributed by atoms with Crippen molar-refractivity contribution in [2.24, 2.45) is 11.8 Å². The third-order valence-electron chi connectivity index (χ3n) is 4.08. The van der Waals surface area contributed by atoms with Gasteiger partial charge in [-0.05, 0) is 50.2 Å². The number of aromatic nitrogens is 1. The fraction of sp³-hybridized carbons (Fsp3) is 0.529. The van der Waals surface area contributed by atoms with Crippen molar-refractivity contribution < 1.29 is 9.53 Å². The first-order valence-corrected chi connectivity index (χ1v) is 7.36. The van der Waals surface area contributed by atoms with Gasteiger partial charge >= 0.3 is 5.97 Å². The van der Waals surface area contributed by atoms with E-state index in [1.54, 1.807) is 6.20 Å². The predicted octanol–water partition coefficient (Wildman–Crippen LogP) is 3.90. The summed E-state index contributed by atoms with van der Waals surface area (Å²) < 4.78 is 5.29. The van der Waals surface area contributed by atoms with Gasteiger partial charge in [-0.3, -0.25) is 9.78 Å². The molecule has 0 aliphatic heterocycles. The Morgan fingerprint density at radius 2 is 2.35 bits per heavy atom. The van der Waals surface area contributed by atoms with Gasteiger partial charge in [0.05, 0.1) is 5.69 Å². The summed E-state index contributed by atoms with van der Waals surface area (Å²) in [6.45, 7) is 4.61. The molecule has 0 saturated carbocycles. The molecule has 0 unspecified atom stereocenters. The van der Waals surface area contributed by atoms with Crippen LogP contribution in [0.3, 0.4) is 0 Å². The molecule has 1 heterocycles. The molecule has 0 spiro atoms. The van der Waals surface area contributed by atoms with E-state index in [-0.39, 0.29) is 12.6 Å². The third kappa shape index (κ3) is 4.48. The van der Waals surface area contributed by atoms with Crippen LogP contribution in [-0.2, 0) is 16.1 Å². The fourth-order valence-corrected chi connectivity index (χ4v) is 2.63. The van der Waals surface area contributed by atoms with Crippen molar-refractivity contribution in [2.45, 2.75) is 46.1 Å². The maximum atomic E-state index is 11.9. The number of pyridine rings is 1. The Labute approximate surface area is 121 Å². The van der Waals surface area contributed by atoms with Crippen molar-refractivity contribution in [1.82, 2.24) is 4.98 Å². The molecule has 0 radical (unpaired) electrons. The van der Waals surface area contributed by atoms with E-state index in [9.17, 15) is 4.79 Å². The summed E-state index contributed by atoms with van der Waals surface area (Å²) in [5, 5.41) is 0. The molecular weight excluding hydrogens is 250 g/mol. The quantitative estimate of drug-likeness (QED) is 0.603. The van der Waals surface area contributed by atoms with Gasteiger partial charge in [0.2, 0.25) is 0 Å². The SMILES string of the molecule is CC1=CC[C@H]([C@H](C)CC(=O)OCc2ccccn2)CC1. The molecule has 1 aromatic heterocycles. The minimum Gasteiger partial charge on any atom is -0.459 e. The van der Waals surface area contributed by atoms with Crippen molar-refractivity contribution >= 4 is 5.97 Å². The summed E-state index contributed by atoms with van der Waals surface area (Å²) in [5.74, 6) is 0.881. The Hall–Kier alpha value is -1.64. The highest BCUT2D eigenvalue weighted by molar-refractivity contribution is 5.69. The van der Waals surface area contributed by atoms with Crippen LogP contribution in [0, 0.1) is 11.8 Å². The molecule has 20 heavy (non-hydrogen) atoms. The number of rotatable bonds is 5. The molecule has 0 bridgehead atoms. The van der Waals surface area contributed by atoms with Crippen molar-refractivity contribution in [3.05, 3.63) is 41.7 Å². The summed E-state index contributed by atoms with van der Waals surface area (Å²) in [7, 11) is 0. The summed E-state index contributed by atoms with van der Waals surface area (Å²) in [5.41, 5.74) is 2.27. The van der Waals surface area contributed by atoms with Crippen LogP contribution in [0.4, 0.5) is 0 Å². The topological polar surface area (TPSA) is 39.2 Å². The molecule has 0 N–H and O–H groups in total. The first kappa shape index (κ1) is 14.8. The first-order valence-electron chi connectivity index (χ1n) is 7.36. The smallest absolute Gasteiger partial charge is 0.306 e. The largest absolute Gasteiger partial charge is 0.459 e. The van der Waals surface area contributed by atoms with Crippen LogP contribution in [0.5, 0.6) is 0 Å². The number of carbonyl (C=O) groups is 1. The molecule has 0 fully saturated rings. The van der Waals surface area contributed by atoms with Gasteiger partial charge < -0.3 is 4.74 Å². The minimum absolute atomic E-state index is 0.116. The van der Waals surface area contributed by atoms with E-state index in [0.29, 0.717) is 18.3 Å². The number of ether oxygens (including phenoxy) is 1. The van der Waals surface area contributed by atoms with Gasteiger partial charge in [-0.2, -0.15) is 0 Å². The summed E-state index contributed by atoms with van der Waals surface area (Å²) in [4.78, 5) is 16.0.